The second kappa shape index (κ2) is 4.25. The molecular formula is C16H18ClN. The lowest BCUT2D eigenvalue weighted by atomic mass is 9.81. The van der Waals surface area contributed by atoms with Crippen LogP contribution in [0.5, 0.6) is 0 Å². The van der Waals surface area contributed by atoms with Gasteiger partial charge in [-0.2, -0.15) is 0 Å². The maximum atomic E-state index is 6.12. The second-order valence-corrected chi connectivity index (χ2v) is 6.07. The van der Waals surface area contributed by atoms with Crippen LogP contribution in [-0.2, 0) is 6.42 Å². The third-order valence-electron chi connectivity index (χ3n) is 3.79. The van der Waals surface area contributed by atoms with Crippen LogP contribution < -0.4 is 5.32 Å². The number of halogens is 1. The number of hydrogen-bond donors (Lipinski definition) is 1. The molecule has 0 unspecified atom stereocenters. The molecule has 18 heavy (non-hydrogen) atoms. The van der Waals surface area contributed by atoms with Gasteiger partial charge in [-0.15, -0.1) is 11.6 Å². The molecule has 3 rings (SSSR count). The minimum Gasteiger partial charge on any atom is -0.304 e. The molecule has 0 aliphatic carbocycles. The Bertz CT molecular complexity index is 589. The van der Waals surface area contributed by atoms with E-state index in [1.165, 1.54) is 21.9 Å². The van der Waals surface area contributed by atoms with Gasteiger partial charge in [0.2, 0.25) is 0 Å². The van der Waals surface area contributed by atoms with Gasteiger partial charge in [-0.25, -0.2) is 0 Å². The topological polar surface area (TPSA) is 12.0 Å². The maximum absolute atomic E-state index is 6.12. The highest BCUT2D eigenvalue weighted by molar-refractivity contribution is 6.18. The molecule has 0 bridgehead atoms. The van der Waals surface area contributed by atoms with Crippen LogP contribution in [0.15, 0.2) is 36.4 Å². The Kier molecular flexibility index (Phi) is 2.84. The van der Waals surface area contributed by atoms with Crippen molar-refractivity contribution < 1.29 is 0 Å². The Morgan fingerprint density at radius 3 is 2.78 bits per heavy atom. The molecule has 1 aliphatic heterocycles. The molecule has 1 nitrogen and oxygen atoms in total. The van der Waals surface area contributed by atoms with E-state index in [4.69, 9.17) is 11.6 Å². The van der Waals surface area contributed by atoms with E-state index in [9.17, 15) is 0 Å². The quantitative estimate of drug-likeness (QED) is 0.762. The molecule has 0 amide bonds. The summed E-state index contributed by atoms with van der Waals surface area (Å²) in [5.74, 6) is 0.620. The molecular weight excluding hydrogens is 242 g/mol. The third kappa shape index (κ3) is 1.92. The fourth-order valence-corrected chi connectivity index (χ4v) is 3.28. The number of hydrogen-bond acceptors (Lipinski definition) is 1. The minimum atomic E-state index is 0.108. The summed E-state index contributed by atoms with van der Waals surface area (Å²) in [6, 6.07) is 13.3. The van der Waals surface area contributed by atoms with Gasteiger partial charge in [0.1, 0.15) is 0 Å². The second-order valence-electron chi connectivity index (χ2n) is 5.77. The van der Waals surface area contributed by atoms with Gasteiger partial charge in [0.25, 0.3) is 0 Å². The van der Waals surface area contributed by atoms with E-state index < -0.39 is 0 Å². The summed E-state index contributed by atoms with van der Waals surface area (Å²) in [6.45, 7) is 4.49. The first-order valence-corrected chi connectivity index (χ1v) is 6.98. The van der Waals surface area contributed by atoms with Crippen LogP contribution in [0.4, 0.5) is 0 Å². The first-order chi connectivity index (χ1) is 8.61. The highest BCUT2D eigenvalue weighted by Gasteiger charge is 2.31. The molecule has 0 radical (unpaired) electrons. The van der Waals surface area contributed by atoms with Gasteiger partial charge in [-0.05, 0) is 42.2 Å². The van der Waals surface area contributed by atoms with E-state index in [1.54, 1.807) is 0 Å². The van der Waals surface area contributed by atoms with Crippen molar-refractivity contribution >= 4 is 22.4 Å². The van der Waals surface area contributed by atoms with Crippen molar-refractivity contribution in [2.45, 2.75) is 31.8 Å². The van der Waals surface area contributed by atoms with Gasteiger partial charge in [-0.3, -0.25) is 0 Å². The number of alkyl halides is 1. The monoisotopic (exact) mass is 259 g/mol. The van der Waals surface area contributed by atoms with Gasteiger partial charge in [-0.1, -0.05) is 36.4 Å². The lowest BCUT2D eigenvalue weighted by Crippen LogP contribution is -2.48. The Labute approximate surface area is 113 Å². The number of rotatable bonds is 1. The molecule has 1 aliphatic rings. The molecule has 1 N–H and O–H groups in total. The average molecular weight is 260 g/mol. The predicted octanol–water partition coefficient (Wildman–Crippen LogP) is 4.04. The van der Waals surface area contributed by atoms with Crippen molar-refractivity contribution in [2.75, 3.05) is 5.88 Å². The number of nitrogens with one attached hydrogen (secondary N) is 1. The van der Waals surface area contributed by atoms with Crippen molar-refractivity contribution in [1.29, 1.82) is 0 Å². The Hall–Kier alpha value is -1.05. The molecule has 1 heterocycles. The molecule has 0 fully saturated rings. The highest BCUT2D eigenvalue weighted by atomic mass is 35.5. The van der Waals surface area contributed by atoms with Gasteiger partial charge < -0.3 is 5.32 Å². The van der Waals surface area contributed by atoms with E-state index >= 15 is 0 Å². The van der Waals surface area contributed by atoms with Crippen molar-refractivity contribution in [2.24, 2.45) is 0 Å². The lowest BCUT2D eigenvalue weighted by Gasteiger charge is -2.38. The standard InChI is InChI=1S/C16H18ClN/c1-16(2)9-14-12-6-4-3-5-11(12)7-8-13(14)15(10-17)18-16/h3-8,15,18H,9-10H2,1-2H3/t15-/m1/s1. The van der Waals surface area contributed by atoms with Crippen LogP contribution >= 0.6 is 11.6 Å². The van der Waals surface area contributed by atoms with E-state index in [2.05, 4.69) is 55.6 Å². The first-order valence-electron chi connectivity index (χ1n) is 6.45. The minimum absolute atomic E-state index is 0.108. The predicted molar refractivity (Wildman–Crippen MR) is 78.3 cm³/mol. The molecule has 2 heteroatoms. The van der Waals surface area contributed by atoms with Crippen molar-refractivity contribution in [3.05, 3.63) is 47.5 Å². The summed E-state index contributed by atoms with van der Waals surface area (Å²) >= 11 is 6.12. The summed E-state index contributed by atoms with van der Waals surface area (Å²) < 4.78 is 0. The number of benzene rings is 2. The molecule has 0 aromatic heterocycles. The van der Waals surface area contributed by atoms with Crippen molar-refractivity contribution in [1.82, 2.24) is 5.32 Å². The Morgan fingerprint density at radius 1 is 1.22 bits per heavy atom. The molecule has 2 aromatic rings. The Balaban J connectivity index is 2.25. The van der Waals surface area contributed by atoms with E-state index in [-0.39, 0.29) is 11.6 Å². The van der Waals surface area contributed by atoms with E-state index in [0.29, 0.717) is 5.88 Å². The van der Waals surface area contributed by atoms with Crippen LogP contribution in [0.2, 0.25) is 0 Å². The fourth-order valence-electron chi connectivity index (χ4n) is 3.04. The van der Waals surface area contributed by atoms with Gasteiger partial charge in [0, 0.05) is 17.5 Å². The summed E-state index contributed by atoms with van der Waals surface area (Å²) in [5.41, 5.74) is 2.93. The zero-order chi connectivity index (χ0) is 12.8. The molecule has 0 saturated carbocycles. The summed E-state index contributed by atoms with van der Waals surface area (Å²) in [6.07, 6.45) is 1.05. The normalized spacial score (nSPS) is 21.8. The van der Waals surface area contributed by atoms with Gasteiger partial charge in [0.05, 0.1) is 0 Å². The van der Waals surface area contributed by atoms with Crippen LogP contribution in [0, 0.1) is 0 Å². The van der Waals surface area contributed by atoms with Crippen LogP contribution in [0.25, 0.3) is 10.8 Å². The van der Waals surface area contributed by atoms with Gasteiger partial charge in [0.15, 0.2) is 0 Å². The van der Waals surface area contributed by atoms with Crippen molar-refractivity contribution in [3.63, 3.8) is 0 Å². The smallest absolute Gasteiger partial charge is 0.0464 e. The molecule has 0 spiro atoms. The van der Waals surface area contributed by atoms with Crippen LogP contribution in [0.3, 0.4) is 0 Å². The molecule has 1 atom stereocenters. The SMILES string of the molecule is CC1(C)Cc2c(ccc3ccccc23)[C@@H](CCl)N1. The maximum Gasteiger partial charge on any atom is 0.0464 e. The summed E-state index contributed by atoms with van der Waals surface area (Å²) in [5, 5.41) is 6.33. The highest BCUT2D eigenvalue weighted by Crippen LogP contribution is 2.35. The van der Waals surface area contributed by atoms with E-state index in [0.717, 1.165) is 6.42 Å². The molecule has 0 saturated heterocycles. The van der Waals surface area contributed by atoms with Crippen LogP contribution in [0.1, 0.15) is 31.0 Å². The van der Waals surface area contributed by atoms with Gasteiger partial charge >= 0.3 is 0 Å². The molecule has 94 valence electrons. The Morgan fingerprint density at radius 2 is 2.00 bits per heavy atom. The van der Waals surface area contributed by atoms with Crippen molar-refractivity contribution in [3.8, 4) is 0 Å². The fraction of sp³-hybridized carbons (Fsp3) is 0.375. The first kappa shape index (κ1) is 12.0. The third-order valence-corrected chi connectivity index (χ3v) is 4.10. The summed E-state index contributed by atoms with van der Waals surface area (Å²) in [7, 11) is 0. The zero-order valence-corrected chi connectivity index (χ0v) is 11.6. The number of fused-ring (bicyclic) bond motifs is 3. The average Bonchev–Trinajstić information content (AvgIpc) is 2.36. The molecule has 2 aromatic carbocycles. The largest absolute Gasteiger partial charge is 0.304 e. The van der Waals surface area contributed by atoms with E-state index in [1.807, 2.05) is 0 Å². The van der Waals surface area contributed by atoms with Crippen LogP contribution in [-0.4, -0.2) is 11.4 Å². The zero-order valence-electron chi connectivity index (χ0n) is 10.8. The summed E-state index contributed by atoms with van der Waals surface area (Å²) in [4.78, 5) is 0. The lowest BCUT2D eigenvalue weighted by molar-refractivity contribution is 0.325.